The van der Waals surface area contributed by atoms with Crippen molar-refractivity contribution in [2.24, 2.45) is 0 Å². The lowest BCUT2D eigenvalue weighted by Crippen LogP contribution is -2.02. The monoisotopic (exact) mass is 342 g/mol. The topological polar surface area (TPSA) is 46.5 Å². The molecule has 0 aliphatic heterocycles. The highest BCUT2D eigenvalue weighted by molar-refractivity contribution is 9.10. The van der Waals surface area contributed by atoms with Gasteiger partial charge in [-0.15, -0.1) is 0 Å². The lowest BCUT2D eigenvalue weighted by atomic mass is 10.1. The van der Waals surface area contributed by atoms with E-state index >= 15 is 0 Å². The number of aryl methyl sites for hydroxylation is 1. The Morgan fingerprint density at radius 3 is 2.55 bits per heavy atom. The first-order chi connectivity index (χ1) is 9.38. The number of rotatable bonds is 3. The summed E-state index contributed by atoms with van der Waals surface area (Å²) in [5.74, 6) is -3.91. The van der Waals surface area contributed by atoms with Crippen molar-refractivity contribution < 1.29 is 23.4 Å². The number of carboxylic acid groups (broad SMARTS) is 1. The van der Waals surface area contributed by atoms with Crippen LogP contribution in [0.4, 0.5) is 8.78 Å². The number of carbonyl (C=O) groups is 1. The van der Waals surface area contributed by atoms with Crippen LogP contribution in [-0.2, 0) is 0 Å². The highest BCUT2D eigenvalue weighted by Gasteiger charge is 2.16. The van der Waals surface area contributed by atoms with Crippen LogP contribution in [0.5, 0.6) is 11.5 Å². The van der Waals surface area contributed by atoms with Gasteiger partial charge in [-0.3, -0.25) is 0 Å². The molecule has 2 aromatic rings. The summed E-state index contributed by atoms with van der Waals surface area (Å²) in [6.07, 6.45) is 0. The minimum absolute atomic E-state index is 0.0560. The van der Waals surface area contributed by atoms with Gasteiger partial charge in [0.25, 0.3) is 0 Å². The maximum absolute atomic E-state index is 13.6. The first kappa shape index (κ1) is 14.5. The molecule has 2 aromatic carbocycles. The van der Waals surface area contributed by atoms with Crippen molar-refractivity contribution in [2.75, 3.05) is 0 Å². The number of ether oxygens (including phenoxy) is 1. The van der Waals surface area contributed by atoms with Gasteiger partial charge in [-0.2, -0.15) is 4.39 Å². The molecule has 0 heterocycles. The number of halogens is 3. The Labute approximate surface area is 121 Å². The van der Waals surface area contributed by atoms with E-state index in [1.165, 1.54) is 18.2 Å². The van der Waals surface area contributed by atoms with Crippen LogP contribution in [0, 0.1) is 18.6 Å². The maximum atomic E-state index is 13.6. The van der Waals surface area contributed by atoms with Gasteiger partial charge in [0.2, 0.25) is 5.82 Å². The van der Waals surface area contributed by atoms with Gasteiger partial charge in [0.1, 0.15) is 11.3 Å². The molecule has 0 spiro atoms. The van der Waals surface area contributed by atoms with E-state index in [4.69, 9.17) is 9.84 Å². The molecule has 0 unspecified atom stereocenters. The molecule has 1 N–H and O–H groups in total. The quantitative estimate of drug-likeness (QED) is 0.833. The molecule has 0 amide bonds. The predicted molar refractivity (Wildman–Crippen MR) is 72.3 cm³/mol. The zero-order valence-corrected chi connectivity index (χ0v) is 11.9. The maximum Gasteiger partial charge on any atom is 0.339 e. The number of hydrogen-bond acceptors (Lipinski definition) is 2. The van der Waals surface area contributed by atoms with Crippen molar-refractivity contribution in [3.63, 3.8) is 0 Å². The Kier molecular flexibility index (Phi) is 4.04. The Morgan fingerprint density at radius 2 is 1.90 bits per heavy atom. The van der Waals surface area contributed by atoms with Crippen molar-refractivity contribution in [1.29, 1.82) is 0 Å². The number of benzene rings is 2. The van der Waals surface area contributed by atoms with Crippen molar-refractivity contribution >= 4 is 21.9 Å². The highest BCUT2D eigenvalue weighted by atomic mass is 79.9. The first-order valence-electron chi connectivity index (χ1n) is 5.55. The minimum Gasteiger partial charge on any atom is -0.478 e. The molecule has 3 nitrogen and oxygen atoms in total. The molecule has 20 heavy (non-hydrogen) atoms. The Hall–Kier alpha value is -1.95. The molecule has 0 aliphatic rings. The van der Waals surface area contributed by atoms with E-state index in [1.54, 1.807) is 13.0 Å². The summed E-state index contributed by atoms with van der Waals surface area (Å²) in [6.45, 7) is 1.72. The lowest BCUT2D eigenvalue weighted by Gasteiger charge is -2.11. The van der Waals surface area contributed by atoms with Gasteiger partial charge >= 0.3 is 5.97 Å². The van der Waals surface area contributed by atoms with Gasteiger partial charge in [0.05, 0.1) is 0 Å². The zero-order valence-electron chi connectivity index (χ0n) is 10.3. The standard InChI is InChI=1S/C14H9BrF2O3/c1-7-2-3-11(9(4-7)14(18)19)20-12-6-8(15)5-10(16)13(12)17/h2-6H,1H3,(H,18,19). The van der Waals surface area contributed by atoms with Crippen LogP contribution in [0.1, 0.15) is 15.9 Å². The summed E-state index contributed by atoms with van der Waals surface area (Å²) in [6, 6.07) is 6.59. The molecule has 0 bridgehead atoms. The van der Waals surface area contributed by atoms with Crippen LogP contribution in [-0.4, -0.2) is 11.1 Å². The lowest BCUT2D eigenvalue weighted by molar-refractivity contribution is 0.0694. The van der Waals surface area contributed by atoms with Gasteiger partial charge in [-0.05, 0) is 31.2 Å². The second-order valence-electron chi connectivity index (χ2n) is 4.11. The first-order valence-corrected chi connectivity index (χ1v) is 6.34. The van der Waals surface area contributed by atoms with E-state index in [0.29, 0.717) is 0 Å². The van der Waals surface area contributed by atoms with Crippen molar-refractivity contribution in [3.05, 3.63) is 57.6 Å². The van der Waals surface area contributed by atoms with Crippen molar-refractivity contribution in [2.45, 2.75) is 6.92 Å². The molecule has 0 saturated carbocycles. The van der Waals surface area contributed by atoms with Gasteiger partial charge in [-0.1, -0.05) is 27.6 Å². The molecule has 0 aliphatic carbocycles. The van der Waals surface area contributed by atoms with Crippen LogP contribution >= 0.6 is 15.9 Å². The van der Waals surface area contributed by atoms with Gasteiger partial charge in [-0.25, -0.2) is 9.18 Å². The Morgan fingerprint density at radius 1 is 1.20 bits per heavy atom. The summed E-state index contributed by atoms with van der Waals surface area (Å²) in [4.78, 5) is 11.1. The second-order valence-corrected chi connectivity index (χ2v) is 5.02. The Bertz CT molecular complexity index is 686. The van der Waals surface area contributed by atoms with E-state index in [0.717, 1.165) is 11.6 Å². The normalized spacial score (nSPS) is 10.4. The molecule has 0 fully saturated rings. The average Bonchev–Trinajstić information content (AvgIpc) is 2.37. The summed E-state index contributed by atoms with van der Waals surface area (Å²) < 4.78 is 32.4. The molecular weight excluding hydrogens is 334 g/mol. The fourth-order valence-electron chi connectivity index (χ4n) is 1.63. The van der Waals surface area contributed by atoms with Gasteiger partial charge in [0.15, 0.2) is 11.6 Å². The van der Waals surface area contributed by atoms with Gasteiger partial charge in [0, 0.05) is 4.47 Å². The summed E-state index contributed by atoms with van der Waals surface area (Å²) >= 11 is 3.02. The zero-order chi connectivity index (χ0) is 14.9. The number of aromatic carboxylic acids is 1. The SMILES string of the molecule is Cc1ccc(Oc2cc(Br)cc(F)c2F)c(C(=O)O)c1. The number of carboxylic acids is 1. The molecule has 0 aromatic heterocycles. The molecule has 104 valence electrons. The average molecular weight is 343 g/mol. The molecular formula is C14H9BrF2O3. The molecule has 0 atom stereocenters. The smallest absolute Gasteiger partial charge is 0.339 e. The van der Waals surface area contributed by atoms with Gasteiger partial charge < -0.3 is 9.84 Å². The second kappa shape index (κ2) is 5.58. The van der Waals surface area contributed by atoms with Crippen molar-refractivity contribution in [1.82, 2.24) is 0 Å². The van der Waals surface area contributed by atoms with E-state index in [9.17, 15) is 13.6 Å². The third-order valence-electron chi connectivity index (χ3n) is 2.54. The third-order valence-corrected chi connectivity index (χ3v) is 3.00. The van der Waals surface area contributed by atoms with E-state index in [2.05, 4.69) is 15.9 Å². The van der Waals surface area contributed by atoms with Crippen molar-refractivity contribution in [3.8, 4) is 11.5 Å². The molecule has 2 rings (SSSR count). The van der Waals surface area contributed by atoms with E-state index in [-0.39, 0.29) is 21.5 Å². The largest absolute Gasteiger partial charge is 0.478 e. The summed E-state index contributed by atoms with van der Waals surface area (Å²) in [5.41, 5.74) is 0.598. The molecule has 6 heteroatoms. The van der Waals surface area contributed by atoms with Crippen LogP contribution in [0.25, 0.3) is 0 Å². The van der Waals surface area contributed by atoms with Crippen LogP contribution in [0.2, 0.25) is 0 Å². The number of hydrogen-bond donors (Lipinski definition) is 1. The van der Waals surface area contributed by atoms with Crippen LogP contribution < -0.4 is 4.74 Å². The predicted octanol–water partition coefficient (Wildman–Crippen LogP) is 4.53. The fraction of sp³-hybridized carbons (Fsp3) is 0.0714. The Balaban J connectivity index is 2.48. The fourth-order valence-corrected chi connectivity index (χ4v) is 2.03. The molecule has 0 radical (unpaired) electrons. The highest BCUT2D eigenvalue weighted by Crippen LogP contribution is 2.31. The van der Waals surface area contributed by atoms with Crippen LogP contribution in [0.3, 0.4) is 0 Å². The summed E-state index contributed by atoms with van der Waals surface area (Å²) in [7, 11) is 0. The van der Waals surface area contributed by atoms with E-state index < -0.39 is 17.6 Å². The third kappa shape index (κ3) is 2.96. The van der Waals surface area contributed by atoms with Crippen LogP contribution in [0.15, 0.2) is 34.8 Å². The minimum atomic E-state index is -1.21. The van der Waals surface area contributed by atoms with E-state index in [1.807, 2.05) is 0 Å². The summed E-state index contributed by atoms with van der Waals surface area (Å²) in [5, 5.41) is 9.09. The molecule has 0 saturated heterocycles.